The predicted octanol–water partition coefficient (Wildman–Crippen LogP) is 2.84. The number of pyridine rings is 1. The molecule has 2 fully saturated rings. The topological polar surface area (TPSA) is 54.5 Å². The van der Waals surface area contributed by atoms with Crippen molar-refractivity contribution in [3.05, 3.63) is 29.1 Å². The van der Waals surface area contributed by atoms with Gasteiger partial charge in [-0.3, -0.25) is 9.88 Å². The van der Waals surface area contributed by atoms with Crippen molar-refractivity contribution < 1.29 is 9.53 Å². The first-order chi connectivity index (χ1) is 11.0. The van der Waals surface area contributed by atoms with Gasteiger partial charge in [0.25, 0.3) is 0 Å². The van der Waals surface area contributed by atoms with Crippen LogP contribution in [0.2, 0.25) is 0 Å². The molecular formula is C18H27N3O2. The van der Waals surface area contributed by atoms with Crippen molar-refractivity contribution in [1.29, 1.82) is 0 Å². The second-order valence-electron chi connectivity index (χ2n) is 7.11. The van der Waals surface area contributed by atoms with Crippen molar-refractivity contribution in [2.45, 2.75) is 58.0 Å². The number of piperidine rings is 1. The number of nitrogens with one attached hydrogen (secondary N) is 1. The van der Waals surface area contributed by atoms with Crippen LogP contribution in [0.3, 0.4) is 0 Å². The molecule has 0 radical (unpaired) electrons. The van der Waals surface area contributed by atoms with Crippen LogP contribution in [0.25, 0.3) is 0 Å². The van der Waals surface area contributed by atoms with Gasteiger partial charge in [-0.2, -0.15) is 0 Å². The monoisotopic (exact) mass is 317 g/mol. The first kappa shape index (κ1) is 16.2. The zero-order chi connectivity index (χ0) is 16.4. The molecule has 2 aliphatic rings. The summed E-state index contributed by atoms with van der Waals surface area (Å²) in [4.78, 5) is 18.6. The maximum absolute atomic E-state index is 11.3. The summed E-state index contributed by atoms with van der Waals surface area (Å²) in [5.41, 5.74) is 3.60. The number of hydrogen-bond acceptors (Lipinski definition) is 4. The molecule has 0 aliphatic carbocycles. The van der Waals surface area contributed by atoms with Crippen LogP contribution < -0.4 is 5.32 Å². The van der Waals surface area contributed by atoms with Crippen molar-refractivity contribution in [1.82, 2.24) is 15.2 Å². The van der Waals surface area contributed by atoms with E-state index in [0.29, 0.717) is 12.5 Å². The van der Waals surface area contributed by atoms with Crippen LogP contribution in [-0.4, -0.2) is 41.2 Å². The summed E-state index contributed by atoms with van der Waals surface area (Å²) in [6, 6.07) is 4.40. The Morgan fingerprint density at radius 1 is 1.35 bits per heavy atom. The number of amides is 1. The Morgan fingerprint density at radius 3 is 2.65 bits per heavy atom. The van der Waals surface area contributed by atoms with Crippen LogP contribution in [0.1, 0.15) is 56.5 Å². The lowest BCUT2D eigenvalue weighted by atomic mass is 9.89. The molecule has 3 heterocycles. The molecule has 0 unspecified atom stereocenters. The molecular weight excluding hydrogens is 290 g/mol. The van der Waals surface area contributed by atoms with Crippen molar-refractivity contribution in [3.63, 3.8) is 0 Å². The number of hydrogen-bond donors (Lipinski definition) is 1. The third kappa shape index (κ3) is 3.50. The van der Waals surface area contributed by atoms with Gasteiger partial charge in [-0.15, -0.1) is 0 Å². The molecule has 1 spiro atoms. The van der Waals surface area contributed by atoms with Gasteiger partial charge >= 0.3 is 6.09 Å². The molecule has 23 heavy (non-hydrogen) atoms. The number of aryl methyl sites for hydroxylation is 1. The molecule has 2 saturated heterocycles. The molecule has 5 heteroatoms. The molecule has 2 aliphatic heterocycles. The fourth-order valence-corrected chi connectivity index (χ4v) is 3.46. The number of cyclic esters (lactones) is 1. The van der Waals surface area contributed by atoms with Crippen LogP contribution in [0.15, 0.2) is 12.1 Å². The van der Waals surface area contributed by atoms with E-state index in [2.05, 4.69) is 43.1 Å². The van der Waals surface area contributed by atoms with E-state index in [9.17, 15) is 4.79 Å². The fourth-order valence-electron chi connectivity index (χ4n) is 3.46. The number of ether oxygens (including phenoxy) is 1. The smallest absolute Gasteiger partial charge is 0.407 e. The Hall–Kier alpha value is -1.62. The lowest BCUT2D eigenvalue weighted by Crippen LogP contribution is -2.52. The molecule has 1 aromatic rings. The number of carbonyl (C=O) groups excluding carboxylic acids is 1. The Morgan fingerprint density at radius 2 is 2.09 bits per heavy atom. The van der Waals surface area contributed by atoms with Crippen molar-refractivity contribution in [2.75, 3.05) is 19.7 Å². The summed E-state index contributed by atoms with van der Waals surface area (Å²) < 4.78 is 5.09. The van der Waals surface area contributed by atoms with Gasteiger partial charge in [0.15, 0.2) is 0 Å². The minimum Gasteiger partial charge on any atom is -0.447 e. The third-order valence-electron chi connectivity index (χ3n) is 5.07. The zero-order valence-corrected chi connectivity index (χ0v) is 14.4. The molecule has 1 N–H and O–H groups in total. The third-order valence-corrected chi connectivity index (χ3v) is 5.07. The predicted molar refractivity (Wildman–Crippen MR) is 89.4 cm³/mol. The average Bonchev–Trinajstić information content (AvgIpc) is 2.90. The van der Waals surface area contributed by atoms with E-state index < -0.39 is 0 Å². The minimum absolute atomic E-state index is 0.124. The molecule has 0 bridgehead atoms. The fraction of sp³-hybridized carbons (Fsp3) is 0.667. The molecule has 1 aromatic heterocycles. The Balaban J connectivity index is 1.63. The molecule has 1 amide bonds. The second kappa shape index (κ2) is 6.48. The number of carbonyl (C=O) groups is 1. The standard InChI is InChI=1S/C18H27N3O2/c1-4-15-14(5-6-16(19-15)13(2)3)11-21-9-7-18(8-10-21)12-23-17(22)20-18/h5-6,13H,4,7-12H2,1-3H3,(H,20,22). The highest BCUT2D eigenvalue weighted by molar-refractivity contribution is 5.70. The van der Waals surface area contributed by atoms with E-state index in [1.165, 1.54) is 17.0 Å². The molecule has 0 aromatic carbocycles. The first-order valence-corrected chi connectivity index (χ1v) is 8.67. The Labute approximate surface area is 138 Å². The van der Waals surface area contributed by atoms with Crippen molar-refractivity contribution in [3.8, 4) is 0 Å². The lowest BCUT2D eigenvalue weighted by molar-refractivity contribution is 0.124. The van der Waals surface area contributed by atoms with E-state index >= 15 is 0 Å². The minimum atomic E-state index is -0.264. The highest BCUT2D eigenvalue weighted by Crippen LogP contribution is 2.28. The van der Waals surface area contributed by atoms with Crippen LogP contribution in [-0.2, 0) is 17.7 Å². The van der Waals surface area contributed by atoms with E-state index in [4.69, 9.17) is 9.72 Å². The highest BCUT2D eigenvalue weighted by Gasteiger charge is 2.41. The summed E-state index contributed by atoms with van der Waals surface area (Å²) in [6.07, 6.45) is 2.62. The van der Waals surface area contributed by atoms with Crippen LogP contribution in [0.4, 0.5) is 4.79 Å². The number of aromatic nitrogens is 1. The summed E-state index contributed by atoms with van der Waals surface area (Å²) in [7, 11) is 0. The maximum atomic E-state index is 11.3. The molecule has 3 rings (SSSR count). The largest absolute Gasteiger partial charge is 0.447 e. The molecule has 0 atom stereocenters. The van der Waals surface area contributed by atoms with E-state index in [0.717, 1.165) is 38.9 Å². The van der Waals surface area contributed by atoms with Gasteiger partial charge in [0, 0.05) is 31.0 Å². The van der Waals surface area contributed by atoms with Crippen molar-refractivity contribution in [2.24, 2.45) is 0 Å². The second-order valence-corrected chi connectivity index (χ2v) is 7.11. The number of nitrogens with zero attached hydrogens (tertiary/aromatic N) is 2. The Kier molecular flexibility index (Phi) is 4.57. The SMILES string of the molecule is CCc1nc(C(C)C)ccc1CN1CCC2(CC1)COC(=O)N2. The van der Waals surface area contributed by atoms with E-state index in [-0.39, 0.29) is 11.6 Å². The number of likely N-dealkylation sites (tertiary alicyclic amines) is 1. The van der Waals surface area contributed by atoms with Gasteiger partial charge in [0.1, 0.15) is 6.61 Å². The van der Waals surface area contributed by atoms with Gasteiger partial charge in [0.05, 0.1) is 5.54 Å². The van der Waals surface area contributed by atoms with Crippen molar-refractivity contribution >= 4 is 6.09 Å². The average molecular weight is 317 g/mol. The zero-order valence-electron chi connectivity index (χ0n) is 14.4. The van der Waals surface area contributed by atoms with Gasteiger partial charge < -0.3 is 10.1 Å². The quantitative estimate of drug-likeness (QED) is 0.928. The Bertz CT molecular complexity index is 578. The molecule has 0 saturated carbocycles. The normalized spacial score (nSPS) is 20.8. The van der Waals surface area contributed by atoms with E-state index in [1.54, 1.807) is 0 Å². The lowest BCUT2D eigenvalue weighted by Gasteiger charge is -2.37. The first-order valence-electron chi connectivity index (χ1n) is 8.67. The van der Waals surface area contributed by atoms with Crippen LogP contribution in [0.5, 0.6) is 0 Å². The van der Waals surface area contributed by atoms with Gasteiger partial charge in [-0.25, -0.2) is 4.79 Å². The van der Waals surface area contributed by atoms with E-state index in [1.807, 2.05) is 0 Å². The van der Waals surface area contributed by atoms with Gasteiger partial charge in [-0.05, 0) is 36.8 Å². The van der Waals surface area contributed by atoms with Crippen LogP contribution >= 0.6 is 0 Å². The molecule has 5 nitrogen and oxygen atoms in total. The summed E-state index contributed by atoms with van der Waals surface area (Å²) >= 11 is 0. The number of rotatable bonds is 4. The number of alkyl carbamates (subject to hydrolysis) is 1. The molecule has 126 valence electrons. The highest BCUT2D eigenvalue weighted by atomic mass is 16.6. The maximum Gasteiger partial charge on any atom is 0.407 e. The summed E-state index contributed by atoms with van der Waals surface area (Å²) in [6.45, 7) is 9.97. The van der Waals surface area contributed by atoms with Crippen LogP contribution in [0, 0.1) is 0 Å². The van der Waals surface area contributed by atoms with Gasteiger partial charge in [-0.1, -0.05) is 26.8 Å². The summed E-state index contributed by atoms with van der Waals surface area (Å²) in [5.74, 6) is 0.468. The summed E-state index contributed by atoms with van der Waals surface area (Å²) in [5, 5.41) is 3.00. The van der Waals surface area contributed by atoms with Gasteiger partial charge in [0.2, 0.25) is 0 Å².